The second kappa shape index (κ2) is 12.7. The first-order valence-corrected chi connectivity index (χ1v) is 14.2. The first kappa shape index (κ1) is 30.9. The highest BCUT2D eigenvalue weighted by Gasteiger charge is 2.44. The maximum absolute atomic E-state index is 13.7. The summed E-state index contributed by atoms with van der Waals surface area (Å²) in [5.74, 6) is 0.997. The number of carboxylic acid groups (broad SMARTS) is 1. The monoisotopic (exact) mass is 545 g/mol. The standard InChI is InChI=1S/C30H47N3O6/c1-21(39-30(5,6)7)25(33(28(36)37)29(2,3)4)27(35)32-18-16-31(17-19-32)15-8-20-38-24-13-11-23(12-14-24)26(34)22-9-10-22/h11-14,21-22,25H,8-10,15-20H2,1-7H3,(H,36,37)/t21-,25+/m0/s1. The van der Waals surface area contributed by atoms with E-state index in [9.17, 15) is 19.5 Å². The van der Waals surface area contributed by atoms with Gasteiger partial charge in [-0.05, 0) is 92.0 Å². The lowest BCUT2D eigenvalue weighted by atomic mass is 9.98. The number of hydrogen-bond donors (Lipinski definition) is 1. The highest BCUT2D eigenvalue weighted by atomic mass is 16.5. The van der Waals surface area contributed by atoms with Crippen LogP contribution in [-0.4, -0.2) is 100 Å². The van der Waals surface area contributed by atoms with Gasteiger partial charge in [-0.3, -0.25) is 19.4 Å². The maximum Gasteiger partial charge on any atom is 0.408 e. The lowest BCUT2D eigenvalue weighted by Gasteiger charge is -2.45. The van der Waals surface area contributed by atoms with E-state index in [1.807, 2.05) is 45.0 Å². The summed E-state index contributed by atoms with van der Waals surface area (Å²) in [7, 11) is 0. The van der Waals surface area contributed by atoms with E-state index in [4.69, 9.17) is 9.47 Å². The molecule has 218 valence electrons. The molecule has 1 aliphatic heterocycles. The molecule has 0 bridgehead atoms. The van der Waals surface area contributed by atoms with Crippen LogP contribution in [0.2, 0.25) is 0 Å². The Morgan fingerprint density at radius 3 is 2.08 bits per heavy atom. The number of nitrogens with zero attached hydrogens (tertiary/aromatic N) is 3. The van der Waals surface area contributed by atoms with Gasteiger partial charge in [0.2, 0.25) is 5.91 Å². The van der Waals surface area contributed by atoms with Crippen molar-refractivity contribution in [2.24, 2.45) is 5.92 Å². The number of amides is 2. The molecule has 39 heavy (non-hydrogen) atoms. The number of piperazine rings is 1. The molecule has 1 aliphatic carbocycles. The molecule has 0 spiro atoms. The van der Waals surface area contributed by atoms with E-state index in [1.54, 1.807) is 32.6 Å². The van der Waals surface area contributed by atoms with E-state index in [2.05, 4.69) is 4.90 Å². The average Bonchev–Trinajstić information content (AvgIpc) is 3.68. The Balaban J connectivity index is 1.50. The third-order valence-corrected chi connectivity index (χ3v) is 7.10. The molecule has 0 unspecified atom stereocenters. The van der Waals surface area contributed by atoms with Crippen LogP contribution >= 0.6 is 0 Å². The Morgan fingerprint density at radius 2 is 1.59 bits per heavy atom. The summed E-state index contributed by atoms with van der Waals surface area (Å²) in [6.45, 7) is 16.8. The predicted octanol–water partition coefficient (Wildman–Crippen LogP) is 4.54. The van der Waals surface area contributed by atoms with Crippen molar-refractivity contribution < 1.29 is 29.0 Å². The van der Waals surface area contributed by atoms with Gasteiger partial charge >= 0.3 is 6.09 Å². The molecule has 2 atom stereocenters. The predicted molar refractivity (Wildman–Crippen MR) is 150 cm³/mol. The SMILES string of the molecule is C[C@H](OC(C)(C)C)[C@H](C(=O)N1CCN(CCCOc2ccc(C(=O)C3CC3)cc2)CC1)N(C(=O)O)C(C)(C)C. The van der Waals surface area contributed by atoms with Gasteiger partial charge in [0.1, 0.15) is 11.8 Å². The molecule has 9 nitrogen and oxygen atoms in total. The van der Waals surface area contributed by atoms with Crippen LogP contribution in [0.3, 0.4) is 0 Å². The Hall–Kier alpha value is -2.65. The summed E-state index contributed by atoms with van der Waals surface area (Å²) in [6.07, 6.45) is 1.11. The second-order valence-corrected chi connectivity index (χ2v) is 12.7. The molecular formula is C30H47N3O6. The zero-order chi connectivity index (χ0) is 29.0. The van der Waals surface area contributed by atoms with E-state index in [1.165, 1.54) is 4.90 Å². The summed E-state index contributed by atoms with van der Waals surface area (Å²) in [5.41, 5.74) is -0.527. The molecule has 2 aliphatic rings. The van der Waals surface area contributed by atoms with E-state index >= 15 is 0 Å². The number of carbonyl (C=O) groups excluding carboxylic acids is 2. The molecule has 2 fully saturated rings. The third kappa shape index (κ3) is 8.93. The fourth-order valence-electron chi connectivity index (χ4n) is 5.12. The highest BCUT2D eigenvalue weighted by Crippen LogP contribution is 2.33. The van der Waals surface area contributed by atoms with Crippen LogP contribution in [0, 0.1) is 5.92 Å². The van der Waals surface area contributed by atoms with Gasteiger partial charge in [-0.1, -0.05) is 0 Å². The summed E-state index contributed by atoms with van der Waals surface area (Å²) in [4.78, 5) is 43.5. The first-order valence-electron chi connectivity index (χ1n) is 14.2. The third-order valence-electron chi connectivity index (χ3n) is 7.10. The molecule has 2 amide bonds. The molecule has 1 saturated carbocycles. The Bertz CT molecular complexity index is 985. The molecule has 1 saturated heterocycles. The molecule has 0 radical (unpaired) electrons. The minimum atomic E-state index is -1.13. The van der Waals surface area contributed by atoms with Crippen molar-refractivity contribution in [2.45, 2.75) is 91.0 Å². The fraction of sp³-hybridized carbons (Fsp3) is 0.700. The number of carbonyl (C=O) groups is 3. The van der Waals surface area contributed by atoms with Crippen molar-refractivity contribution >= 4 is 17.8 Å². The van der Waals surface area contributed by atoms with Crippen LogP contribution in [0.5, 0.6) is 5.75 Å². The minimum Gasteiger partial charge on any atom is -0.494 e. The smallest absolute Gasteiger partial charge is 0.408 e. The van der Waals surface area contributed by atoms with Crippen molar-refractivity contribution in [1.29, 1.82) is 0 Å². The Labute approximate surface area is 233 Å². The fourth-order valence-corrected chi connectivity index (χ4v) is 5.12. The molecule has 1 aromatic rings. The van der Waals surface area contributed by atoms with E-state index in [-0.39, 0.29) is 17.6 Å². The Kier molecular flexibility index (Phi) is 10.0. The van der Waals surface area contributed by atoms with Gasteiger partial charge in [-0.2, -0.15) is 0 Å². The molecular weight excluding hydrogens is 498 g/mol. The van der Waals surface area contributed by atoms with E-state index in [0.717, 1.165) is 37.1 Å². The van der Waals surface area contributed by atoms with Gasteiger partial charge in [0, 0.05) is 49.7 Å². The van der Waals surface area contributed by atoms with Crippen molar-refractivity contribution in [3.05, 3.63) is 29.8 Å². The van der Waals surface area contributed by atoms with Crippen LogP contribution in [0.1, 0.15) is 78.1 Å². The highest BCUT2D eigenvalue weighted by molar-refractivity contribution is 5.99. The van der Waals surface area contributed by atoms with Crippen LogP contribution in [0.25, 0.3) is 0 Å². The summed E-state index contributed by atoms with van der Waals surface area (Å²) >= 11 is 0. The topological polar surface area (TPSA) is 99.6 Å². The van der Waals surface area contributed by atoms with Crippen molar-refractivity contribution in [2.75, 3.05) is 39.3 Å². The number of Topliss-reactive ketones (excluding diaryl/α,β-unsaturated/α-hetero) is 1. The van der Waals surface area contributed by atoms with Crippen LogP contribution < -0.4 is 4.74 Å². The average molecular weight is 546 g/mol. The molecule has 9 heteroatoms. The number of benzene rings is 1. The van der Waals surface area contributed by atoms with Crippen molar-refractivity contribution in [3.63, 3.8) is 0 Å². The van der Waals surface area contributed by atoms with Gasteiger partial charge < -0.3 is 19.5 Å². The van der Waals surface area contributed by atoms with Gasteiger partial charge in [-0.25, -0.2) is 4.79 Å². The number of rotatable bonds is 11. The lowest BCUT2D eigenvalue weighted by molar-refractivity contribution is -0.153. The lowest BCUT2D eigenvalue weighted by Crippen LogP contribution is -2.63. The largest absolute Gasteiger partial charge is 0.494 e. The van der Waals surface area contributed by atoms with Crippen LogP contribution in [-0.2, 0) is 9.53 Å². The van der Waals surface area contributed by atoms with Crippen LogP contribution in [0.4, 0.5) is 4.79 Å². The van der Waals surface area contributed by atoms with Gasteiger partial charge in [0.05, 0.1) is 18.3 Å². The van der Waals surface area contributed by atoms with Gasteiger partial charge in [-0.15, -0.1) is 0 Å². The summed E-state index contributed by atoms with van der Waals surface area (Å²) < 4.78 is 12.0. The van der Waals surface area contributed by atoms with E-state index < -0.39 is 29.4 Å². The van der Waals surface area contributed by atoms with Crippen LogP contribution in [0.15, 0.2) is 24.3 Å². The zero-order valence-corrected chi connectivity index (χ0v) is 24.7. The second-order valence-electron chi connectivity index (χ2n) is 12.7. The molecule has 1 N–H and O–H groups in total. The first-order chi connectivity index (χ1) is 18.2. The molecule has 1 heterocycles. The summed E-state index contributed by atoms with van der Waals surface area (Å²) in [6, 6.07) is 6.47. The molecule has 1 aromatic carbocycles. The van der Waals surface area contributed by atoms with Gasteiger partial charge in [0.25, 0.3) is 0 Å². The van der Waals surface area contributed by atoms with Gasteiger partial charge in [0.15, 0.2) is 5.78 Å². The summed E-state index contributed by atoms with van der Waals surface area (Å²) in [5, 5.41) is 10.0. The molecule has 0 aromatic heterocycles. The number of ketones is 1. The van der Waals surface area contributed by atoms with Crippen molar-refractivity contribution in [1.82, 2.24) is 14.7 Å². The minimum absolute atomic E-state index is 0.212. The Morgan fingerprint density at radius 1 is 1.00 bits per heavy atom. The maximum atomic E-state index is 13.7. The number of hydrogen-bond acceptors (Lipinski definition) is 6. The number of ether oxygens (including phenoxy) is 2. The van der Waals surface area contributed by atoms with Crippen molar-refractivity contribution in [3.8, 4) is 5.75 Å². The van der Waals surface area contributed by atoms with E-state index in [0.29, 0.717) is 32.8 Å². The normalized spacial score (nSPS) is 18.4. The molecule has 3 rings (SSSR count). The quantitative estimate of drug-likeness (QED) is 0.322. The zero-order valence-electron chi connectivity index (χ0n) is 24.7.